The van der Waals surface area contributed by atoms with Gasteiger partial charge in [-0.3, -0.25) is 9.89 Å². The Morgan fingerprint density at radius 3 is 2.94 bits per heavy atom. The first kappa shape index (κ1) is 25.0. The lowest BCUT2D eigenvalue weighted by Crippen LogP contribution is -2.48. The molecule has 3 N–H and O–H groups in total. The van der Waals surface area contributed by atoms with E-state index in [0.717, 1.165) is 51.6 Å². The summed E-state index contributed by atoms with van der Waals surface area (Å²) in [5.74, 6) is 0.863. The molecule has 174 valence electrons. The molecular weight excluding hydrogens is 533 g/mol. The summed E-state index contributed by atoms with van der Waals surface area (Å²) in [7, 11) is 1.84. The molecule has 6 nitrogen and oxygen atoms in total. The van der Waals surface area contributed by atoms with Gasteiger partial charge in [0.1, 0.15) is 0 Å². The lowest BCUT2D eigenvalue weighted by Gasteiger charge is -2.37. The number of H-pyrrole nitrogens is 1. The zero-order chi connectivity index (χ0) is 21.5. The number of thiophene rings is 1. The van der Waals surface area contributed by atoms with E-state index in [9.17, 15) is 0 Å². The maximum absolute atomic E-state index is 5.75. The molecule has 0 radical (unpaired) electrons. The maximum atomic E-state index is 5.75. The highest BCUT2D eigenvalue weighted by Gasteiger charge is 2.26. The topological polar surface area (TPSA) is 64.7 Å². The van der Waals surface area contributed by atoms with Crippen molar-refractivity contribution in [3.8, 4) is 0 Å². The van der Waals surface area contributed by atoms with E-state index in [1.54, 1.807) is 0 Å². The highest BCUT2D eigenvalue weighted by Crippen LogP contribution is 2.26. The minimum Gasteiger partial charge on any atom is -0.376 e. The Hall–Kier alpha value is -1.62. The van der Waals surface area contributed by atoms with Gasteiger partial charge < -0.3 is 20.4 Å². The third-order valence-electron chi connectivity index (χ3n) is 5.86. The fourth-order valence-electron chi connectivity index (χ4n) is 4.26. The summed E-state index contributed by atoms with van der Waals surface area (Å²) in [6.07, 6.45) is 4.50. The van der Waals surface area contributed by atoms with Crippen LogP contribution in [-0.4, -0.2) is 61.8 Å². The van der Waals surface area contributed by atoms with Gasteiger partial charge in [-0.1, -0.05) is 24.3 Å². The molecule has 0 saturated carbocycles. The molecule has 0 bridgehead atoms. The lowest BCUT2D eigenvalue weighted by molar-refractivity contribution is -0.0334. The van der Waals surface area contributed by atoms with Crippen LogP contribution in [0.1, 0.15) is 29.8 Å². The van der Waals surface area contributed by atoms with Crippen molar-refractivity contribution in [3.63, 3.8) is 0 Å². The standard InChI is InChI=1S/C24H33N5OS.HI/c1-18-17-29(12-13-30-18)22(23-10-6-14-31-23)16-28-24(25-2)26-11-5-7-19-15-27-21-9-4-3-8-20(19)21;/h3-4,6,8-10,14-15,18,22,27H,5,7,11-13,16-17H2,1-2H3,(H2,25,26,28);1H. The van der Waals surface area contributed by atoms with Crippen molar-refractivity contribution in [2.45, 2.75) is 31.9 Å². The summed E-state index contributed by atoms with van der Waals surface area (Å²) in [6, 6.07) is 13.2. The molecule has 0 spiro atoms. The number of halogens is 1. The summed E-state index contributed by atoms with van der Waals surface area (Å²) < 4.78 is 5.75. The SMILES string of the molecule is CN=C(NCCCc1c[nH]c2ccccc12)NCC(c1cccs1)N1CCOC(C)C1.I. The number of fused-ring (bicyclic) bond motifs is 1. The van der Waals surface area contributed by atoms with E-state index in [1.807, 2.05) is 18.4 Å². The lowest BCUT2D eigenvalue weighted by atomic mass is 10.1. The van der Waals surface area contributed by atoms with Crippen LogP contribution in [0, 0.1) is 0 Å². The Morgan fingerprint density at radius 2 is 2.16 bits per heavy atom. The first-order valence-electron chi connectivity index (χ1n) is 11.1. The van der Waals surface area contributed by atoms with Gasteiger partial charge in [-0.25, -0.2) is 0 Å². The number of guanidine groups is 1. The van der Waals surface area contributed by atoms with Gasteiger partial charge >= 0.3 is 0 Å². The van der Waals surface area contributed by atoms with Crippen molar-refractivity contribution in [1.29, 1.82) is 0 Å². The molecule has 1 aromatic carbocycles. The van der Waals surface area contributed by atoms with Crippen LogP contribution in [0.3, 0.4) is 0 Å². The number of nitrogens with one attached hydrogen (secondary N) is 3. The highest BCUT2D eigenvalue weighted by atomic mass is 127. The summed E-state index contributed by atoms with van der Waals surface area (Å²) in [6.45, 7) is 6.59. The molecule has 2 unspecified atom stereocenters. The number of aromatic nitrogens is 1. The Bertz CT molecular complexity index is 974. The van der Waals surface area contributed by atoms with Gasteiger partial charge in [0.05, 0.1) is 18.8 Å². The van der Waals surface area contributed by atoms with Crippen LogP contribution in [0.2, 0.25) is 0 Å². The van der Waals surface area contributed by atoms with Crippen molar-refractivity contribution in [2.24, 2.45) is 4.99 Å². The molecule has 8 heteroatoms. The number of ether oxygens (including phenoxy) is 1. The number of para-hydroxylation sites is 1. The normalized spacial score (nSPS) is 18.3. The van der Waals surface area contributed by atoms with Crippen LogP contribution in [0.15, 0.2) is 53.0 Å². The smallest absolute Gasteiger partial charge is 0.191 e. The number of rotatable bonds is 8. The number of aromatic amines is 1. The average molecular weight is 568 g/mol. The van der Waals surface area contributed by atoms with Gasteiger partial charge in [0.15, 0.2) is 5.96 Å². The van der Waals surface area contributed by atoms with Crippen LogP contribution in [0.25, 0.3) is 10.9 Å². The number of nitrogens with zero attached hydrogens (tertiary/aromatic N) is 2. The number of hydrogen-bond acceptors (Lipinski definition) is 4. The number of hydrogen-bond donors (Lipinski definition) is 3. The van der Waals surface area contributed by atoms with Gasteiger partial charge in [-0.15, -0.1) is 35.3 Å². The van der Waals surface area contributed by atoms with Crippen LogP contribution >= 0.6 is 35.3 Å². The summed E-state index contributed by atoms with van der Waals surface area (Å²) in [5, 5.41) is 10.5. The Labute approximate surface area is 211 Å². The fourth-order valence-corrected chi connectivity index (χ4v) is 5.12. The molecule has 2 aromatic heterocycles. The maximum Gasteiger partial charge on any atom is 0.191 e. The largest absolute Gasteiger partial charge is 0.376 e. The van der Waals surface area contributed by atoms with Crippen molar-refractivity contribution in [2.75, 3.05) is 39.8 Å². The quantitative estimate of drug-likeness (QED) is 0.163. The monoisotopic (exact) mass is 567 g/mol. The van der Waals surface area contributed by atoms with Crippen molar-refractivity contribution in [3.05, 3.63) is 58.4 Å². The van der Waals surface area contributed by atoms with E-state index < -0.39 is 0 Å². The Morgan fingerprint density at radius 1 is 1.28 bits per heavy atom. The van der Waals surface area contributed by atoms with Crippen LogP contribution < -0.4 is 10.6 Å². The highest BCUT2D eigenvalue weighted by molar-refractivity contribution is 14.0. The van der Waals surface area contributed by atoms with Crippen LogP contribution in [-0.2, 0) is 11.2 Å². The summed E-state index contributed by atoms with van der Waals surface area (Å²) in [5.41, 5.74) is 2.58. The molecule has 0 amide bonds. The van der Waals surface area contributed by atoms with E-state index in [-0.39, 0.29) is 30.1 Å². The Balaban J connectivity index is 0.00000289. The molecule has 1 saturated heterocycles. The van der Waals surface area contributed by atoms with Gasteiger partial charge in [0.2, 0.25) is 0 Å². The second-order valence-corrected chi connectivity index (χ2v) is 9.03. The molecule has 0 aliphatic carbocycles. The Kier molecular flexibility index (Phi) is 9.83. The van der Waals surface area contributed by atoms with Crippen molar-refractivity contribution >= 4 is 52.2 Å². The number of aliphatic imine (C=N–C) groups is 1. The van der Waals surface area contributed by atoms with E-state index in [1.165, 1.54) is 21.3 Å². The molecule has 32 heavy (non-hydrogen) atoms. The minimum atomic E-state index is 0. The molecule has 1 fully saturated rings. The number of aryl methyl sites for hydroxylation is 1. The number of benzene rings is 1. The van der Waals surface area contributed by atoms with Gasteiger partial charge in [0.25, 0.3) is 0 Å². The molecule has 3 aromatic rings. The predicted octanol–water partition coefficient (Wildman–Crippen LogP) is 4.41. The summed E-state index contributed by atoms with van der Waals surface area (Å²) in [4.78, 5) is 11.7. The van der Waals surface area contributed by atoms with Gasteiger partial charge in [-0.2, -0.15) is 0 Å². The van der Waals surface area contributed by atoms with Gasteiger partial charge in [0, 0.05) is 55.2 Å². The second-order valence-electron chi connectivity index (χ2n) is 8.05. The zero-order valence-electron chi connectivity index (χ0n) is 18.8. The molecule has 4 rings (SSSR count). The fraction of sp³-hybridized carbons (Fsp3) is 0.458. The summed E-state index contributed by atoms with van der Waals surface area (Å²) >= 11 is 1.82. The molecule has 1 aliphatic heterocycles. The third kappa shape index (κ3) is 6.46. The van der Waals surface area contributed by atoms with E-state index >= 15 is 0 Å². The third-order valence-corrected chi connectivity index (χ3v) is 6.84. The molecule has 3 heterocycles. The second kappa shape index (κ2) is 12.6. The van der Waals surface area contributed by atoms with Crippen LogP contribution in [0.4, 0.5) is 0 Å². The van der Waals surface area contributed by atoms with Crippen LogP contribution in [0.5, 0.6) is 0 Å². The minimum absolute atomic E-state index is 0. The molecular formula is C24H34IN5OS. The van der Waals surface area contributed by atoms with Crippen molar-refractivity contribution in [1.82, 2.24) is 20.5 Å². The van der Waals surface area contributed by atoms with E-state index in [4.69, 9.17) is 4.74 Å². The van der Waals surface area contributed by atoms with Crippen molar-refractivity contribution < 1.29 is 4.74 Å². The predicted molar refractivity (Wildman–Crippen MR) is 145 cm³/mol. The van der Waals surface area contributed by atoms with E-state index in [2.05, 4.69) is 80.4 Å². The molecule has 1 aliphatic rings. The first-order chi connectivity index (χ1) is 15.2. The molecule has 2 atom stereocenters. The first-order valence-corrected chi connectivity index (χ1v) is 12.0. The average Bonchev–Trinajstić information content (AvgIpc) is 3.46. The van der Waals surface area contributed by atoms with E-state index in [0.29, 0.717) is 6.04 Å². The number of morpholine rings is 1. The zero-order valence-corrected chi connectivity index (χ0v) is 22.0. The van der Waals surface area contributed by atoms with Gasteiger partial charge in [-0.05, 0) is 42.8 Å².